The molecule has 2 radical (unpaired) electrons. The van der Waals surface area contributed by atoms with Crippen molar-refractivity contribution in [3.05, 3.63) is 48.4 Å². The van der Waals surface area contributed by atoms with Crippen LogP contribution < -0.4 is 0 Å². The zero-order valence-electron chi connectivity index (χ0n) is 10.6. The number of aromatic hydroxyl groups is 1. The van der Waals surface area contributed by atoms with E-state index in [9.17, 15) is 5.11 Å². The highest BCUT2D eigenvalue weighted by atomic mass is 16.3. The van der Waals surface area contributed by atoms with Gasteiger partial charge in [-0.1, -0.05) is 6.07 Å². The van der Waals surface area contributed by atoms with Crippen molar-refractivity contribution < 1.29 is 5.11 Å². The maximum absolute atomic E-state index is 10.1. The van der Waals surface area contributed by atoms with Gasteiger partial charge >= 0.3 is 0 Å². The third kappa shape index (κ3) is 2.27. The molecule has 0 spiro atoms. The minimum atomic E-state index is 0.151. The van der Waals surface area contributed by atoms with Crippen molar-refractivity contribution in [2.24, 2.45) is 0 Å². The fraction of sp³-hybridized carbons (Fsp3) is 0.0714. The molecule has 5 nitrogen and oxygen atoms in total. The van der Waals surface area contributed by atoms with Crippen LogP contribution in [0.5, 0.6) is 5.75 Å². The number of aromatic amines is 1. The Morgan fingerprint density at radius 3 is 2.60 bits per heavy atom. The summed E-state index contributed by atoms with van der Waals surface area (Å²) in [5, 5.41) is 24.8. The minimum absolute atomic E-state index is 0.151. The van der Waals surface area contributed by atoms with Gasteiger partial charge in [-0.15, -0.1) is 0 Å². The molecular formula is C14H11BN4O. The van der Waals surface area contributed by atoms with Crippen molar-refractivity contribution in [1.29, 1.82) is 0 Å². The normalized spacial score (nSPS) is 10.6. The minimum Gasteiger partial charge on any atom is -0.507 e. The Morgan fingerprint density at radius 2 is 2.00 bits per heavy atom. The molecule has 0 amide bonds. The number of benzene rings is 1. The quantitative estimate of drug-likeness (QED) is 0.707. The van der Waals surface area contributed by atoms with E-state index in [-0.39, 0.29) is 5.75 Å². The number of rotatable bonds is 3. The Bertz CT molecular complexity index is 711. The number of hydrogen-bond donors (Lipinski definition) is 2. The van der Waals surface area contributed by atoms with Crippen molar-refractivity contribution in [3.8, 4) is 28.1 Å². The van der Waals surface area contributed by atoms with E-state index in [1.807, 2.05) is 12.1 Å². The van der Waals surface area contributed by atoms with Crippen molar-refractivity contribution in [2.75, 3.05) is 0 Å². The Morgan fingerprint density at radius 1 is 1.10 bits per heavy atom. The lowest BCUT2D eigenvalue weighted by Crippen LogP contribution is -1.94. The van der Waals surface area contributed by atoms with Crippen LogP contribution in [0.15, 0.2) is 42.7 Å². The van der Waals surface area contributed by atoms with Gasteiger partial charge in [-0.3, -0.25) is 5.10 Å². The van der Waals surface area contributed by atoms with E-state index in [0.29, 0.717) is 23.3 Å². The van der Waals surface area contributed by atoms with Crippen molar-refractivity contribution in [1.82, 2.24) is 20.4 Å². The van der Waals surface area contributed by atoms with Crippen molar-refractivity contribution in [3.63, 3.8) is 0 Å². The molecule has 0 atom stereocenters. The lowest BCUT2D eigenvalue weighted by molar-refractivity contribution is 0.477. The van der Waals surface area contributed by atoms with Gasteiger partial charge in [0.1, 0.15) is 5.75 Å². The summed E-state index contributed by atoms with van der Waals surface area (Å²) in [6.07, 6.45) is 3.81. The average Bonchev–Trinajstić information content (AvgIpc) is 3.01. The van der Waals surface area contributed by atoms with Gasteiger partial charge in [-0.05, 0) is 36.1 Å². The molecule has 1 aromatic carbocycles. The van der Waals surface area contributed by atoms with Crippen LogP contribution in [-0.4, -0.2) is 33.3 Å². The summed E-state index contributed by atoms with van der Waals surface area (Å²) in [6, 6.07) is 8.98. The summed E-state index contributed by atoms with van der Waals surface area (Å²) in [5.41, 5.74) is 3.75. The molecule has 0 aliphatic carbocycles. The van der Waals surface area contributed by atoms with Crippen molar-refractivity contribution in [2.45, 2.75) is 6.32 Å². The van der Waals surface area contributed by atoms with Crippen LogP contribution in [0.2, 0.25) is 0 Å². The van der Waals surface area contributed by atoms with Crippen LogP contribution in [0, 0.1) is 0 Å². The first-order valence-corrected chi connectivity index (χ1v) is 6.13. The second-order valence-corrected chi connectivity index (χ2v) is 4.33. The predicted octanol–water partition coefficient (Wildman–Crippen LogP) is 1.91. The van der Waals surface area contributed by atoms with Crippen LogP contribution in [0.1, 0.15) is 5.69 Å². The molecule has 0 unspecified atom stereocenters. The van der Waals surface area contributed by atoms with Gasteiger partial charge in [0.2, 0.25) is 0 Å². The van der Waals surface area contributed by atoms with Gasteiger partial charge in [-0.25, -0.2) is 0 Å². The molecule has 3 rings (SSSR count). The second-order valence-electron chi connectivity index (χ2n) is 4.33. The molecule has 2 heterocycles. The summed E-state index contributed by atoms with van der Waals surface area (Å²) in [6.45, 7) is 0. The molecule has 20 heavy (non-hydrogen) atoms. The van der Waals surface area contributed by atoms with E-state index in [1.54, 1.807) is 30.6 Å². The molecule has 0 aliphatic heterocycles. The summed E-state index contributed by atoms with van der Waals surface area (Å²) in [5.74, 6) is 0.151. The summed E-state index contributed by atoms with van der Waals surface area (Å²) in [4.78, 5) is 0. The number of H-pyrrole nitrogens is 1. The van der Waals surface area contributed by atoms with Crippen LogP contribution in [0.3, 0.4) is 0 Å². The van der Waals surface area contributed by atoms with Gasteiger partial charge in [0.25, 0.3) is 0 Å². The molecule has 96 valence electrons. The van der Waals surface area contributed by atoms with Gasteiger partial charge < -0.3 is 5.11 Å². The average molecular weight is 262 g/mol. The van der Waals surface area contributed by atoms with Crippen LogP contribution in [0.25, 0.3) is 22.4 Å². The van der Waals surface area contributed by atoms with Gasteiger partial charge in [0.05, 0.1) is 25.4 Å². The van der Waals surface area contributed by atoms with Crippen LogP contribution in [0.4, 0.5) is 0 Å². The standard InChI is InChI=1S/C14H11BN4O/c15-6-11-2-4-13(19-18-11)12-3-1-9(5-14(12)20)10-7-16-17-8-10/h1-5,7-8,20H,6H2,(H,16,17). The van der Waals surface area contributed by atoms with E-state index in [4.69, 9.17) is 7.85 Å². The Kier molecular flexibility index (Phi) is 3.21. The summed E-state index contributed by atoms with van der Waals surface area (Å²) < 4.78 is 0. The number of nitrogens with zero attached hydrogens (tertiary/aromatic N) is 3. The fourth-order valence-corrected chi connectivity index (χ4v) is 1.95. The van der Waals surface area contributed by atoms with Crippen LogP contribution >= 0.6 is 0 Å². The van der Waals surface area contributed by atoms with Gasteiger partial charge in [0.15, 0.2) is 0 Å². The lowest BCUT2D eigenvalue weighted by atomic mass is 10.0. The zero-order valence-corrected chi connectivity index (χ0v) is 10.6. The third-order valence-electron chi connectivity index (χ3n) is 3.03. The Labute approximate surface area is 117 Å². The Hall–Kier alpha value is -2.63. The third-order valence-corrected chi connectivity index (χ3v) is 3.03. The fourth-order valence-electron chi connectivity index (χ4n) is 1.95. The van der Waals surface area contributed by atoms with E-state index in [1.165, 1.54) is 0 Å². The molecule has 6 heteroatoms. The number of aromatic nitrogens is 4. The monoisotopic (exact) mass is 262 g/mol. The SMILES string of the molecule is [B]Cc1ccc(-c2ccc(-c3cn[nH]c3)cc2O)nn1. The molecule has 0 saturated carbocycles. The van der Waals surface area contributed by atoms with Gasteiger partial charge in [0, 0.05) is 17.3 Å². The second kappa shape index (κ2) is 5.17. The number of phenolic OH excluding ortho intramolecular Hbond substituents is 1. The van der Waals surface area contributed by atoms with Gasteiger partial charge in [-0.2, -0.15) is 15.3 Å². The zero-order chi connectivity index (χ0) is 13.9. The first-order valence-electron chi connectivity index (χ1n) is 6.13. The molecule has 0 bridgehead atoms. The smallest absolute Gasteiger partial charge is 0.125 e. The molecule has 0 aliphatic rings. The van der Waals surface area contributed by atoms with Crippen LogP contribution in [-0.2, 0) is 6.32 Å². The molecule has 2 N–H and O–H groups in total. The first-order chi connectivity index (χ1) is 9.78. The maximum atomic E-state index is 10.1. The topological polar surface area (TPSA) is 74.7 Å². The molecular weight excluding hydrogens is 251 g/mol. The largest absolute Gasteiger partial charge is 0.507 e. The number of hydrogen-bond acceptors (Lipinski definition) is 4. The first kappa shape index (κ1) is 12.4. The maximum Gasteiger partial charge on any atom is 0.125 e. The highest BCUT2D eigenvalue weighted by molar-refractivity contribution is 6.08. The van der Waals surface area contributed by atoms with E-state index in [0.717, 1.165) is 11.1 Å². The summed E-state index contributed by atoms with van der Waals surface area (Å²) in [7, 11) is 5.48. The lowest BCUT2D eigenvalue weighted by Gasteiger charge is -2.06. The van der Waals surface area contributed by atoms with E-state index < -0.39 is 0 Å². The predicted molar refractivity (Wildman–Crippen MR) is 76.2 cm³/mol. The van der Waals surface area contributed by atoms with E-state index >= 15 is 0 Å². The molecule has 0 fully saturated rings. The number of phenols is 1. The molecule has 3 aromatic rings. The number of nitrogens with one attached hydrogen (secondary N) is 1. The Balaban J connectivity index is 1.98. The van der Waals surface area contributed by atoms with E-state index in [2.05, 4.69) is 20.4 Å². The highest BCUT2D eigenvalue weighted by Gasteiger charge is 2.09. The molecule has 0 saturated heterocycles. The summed E-state index contributed by atoms with van der Waals surface area (Å²) >= 11 is 0. The van der Waals surface area contributed by atoms with Crippen molar-refractivity contribution >= 4 is 7.85 Å². The highest BCUT2D eigenvalue weighted by Crippen LogP contribution is 2.31. The molecule has 2 aromatic heterocycles.